The van der Waals surface area contributed by atoms with Gasteiger partial charge in [-0.05, 0) is 38.8 Å². The molecule has 3 nitrogen and oxygen atoms in total. The largest absolute Gasteiger partial charge is 0.487 e. The zero-order chi connectivity index (χ0) is 13.8. The van der Waals surface area contributed by atoms with Gasteiger partial charge in [0.1, 0.15) is 12.4 Å². The molecule has 0 fully saturated rings. The second-order valence-corrected chi connectivity index (χ2v) is 5.79. The lowest BCUT2D eigenvalue weighted by atomic mass is 10.1. The van der Waals surface area contributed by atoms with Crippen LogP contribution < -0.4 is 10.1 Å². The van der Waals surface area contributed by atoms with Crippen LogP contribution in [0.3, 0.4) is 0 Å². The van der Waals surface area contributed by atoms with Gasteiger partial charge in [0.25, 0.3) is 0 Å². The summed E-state index contributed by atoms with van der Waals surface area (Å²) >= 11 is 1.64. The Morgan fingerprint density at radius 3 is 2.53 bits per heavy atom. The minimum atomic E-state index is 0.577. The number of nitrogens with one attached hydrogen (secondary N) is 1. The van der Waals surface area contributed by atoms with Gasteiger partial charge in [-0.15, -0.1) is 0 Å². The van der Waals surface area contributed by atoms with E-state index in [4.69, 9.17) is 4.74 Å². The first kappa shape index (κ1) is 13.9. The van der Waals surface area contributed by atoms with Crippen LogP contribution >= 0.6 is 11.3 Å². The fourth-order valence-electron chi connectivity index (χ4n) is 2.14. The number of thiazole rings is 1. The van der Waals surface area contributed by atoms with Crippen LogP contribution in [-0.4, -0.2) is 11.5 Å². The SMILES string of the molecule is CCNc1ncc(COc2c(C)cc(C)cc2C)s1. The molecule has 0 atom stereocenters. The monoisotopic (exact) mass is 276 g/mol. The second kappa shape index (κ2) is 6.06. The smallest absolute Gasteiger partial charge is 0.182 e. The van der Waals surface area contributed by atoms with E-state index in [0.717, 1.165) is 22.3 Å². The Morgan fingerprint density at radius 1 is 1.21 bits per heavy atom. The van der Waals surface area contributed by atoms with Crippen LogP contribution in [0.2, 0.25) is 0 Å². The van der Waals surface area contributed by atoms with Crippen molar-refractivity contribution in [3.8, 4) is 5.75 Å². The molecule has 19 heavy (non-hydrogen) atoms. The van der Waals surface area contributed by atoms with Crippen molar-refractivity contribution >= 4 is 16.5 Å². The molecule has 0 saturated heterocycles. The minimum Gasteiger partial charge on any atom is -0.487 e. The van der Waals surface area contributed by atoms with E-state index in [9.17, 15) is 0 Å². The average Bonchev–Trinajstić information content (AvgIpc) is 2.76. The number of ether oxygens (including phenoxy) is 1. The van der Waals surface area contributed by atoms with Crippen molar-refractivity contribution < 1.29 is 4.74 Å². The van der Waals surface area contributed by atoms with Gasteiger partial charge >= 0.3 is 0 Å². The number of hydrogen-bond donors (Lipinski definition) is 1. The first-order valence-electron chi connectivity index (χ1n) is 6.49. The van der Waals surface area contributed by atoms with Gasteiger partial charge in [0, 0.05) is 12.7 Å². The Hall–Kier alpha value is -1.55. The van der Waals surface area contributed by atoms with Crippen molar-refractivity contribution in [3.63, 3.8) is 0 Å². The summed E-state index contributed by atoms with van der Waals surface area (Å²) in [6.45, 7) is 9.82. The third kappa shape index (κ3) is 3.47. The van der Waals surface area contributed by atoms with Crippen LogP contribution in [0, 0.1) is 20.8 Å². The van der Waals surface area contributed by atoms with E-state index in [1.165, 1.54) is 16.7 Å². The van der Waals surface area contributed by atoms with Crippen LogP contribution in [0.15, 0.2) is 18.3 Å². The fraction of sp³-hybridized carbons (Fsp3) is 0.400. The number of rotatable bonds is 5. The van der Waals surface area contributed by atoms with E-state index in [1.54, 1.807) is 11.3 Å². The predicted octanol–water partition coefficient (Wildman–Crippen LogP) is 4.08. The van der Waals surface area contributed by atoms with Crippen LogP contribution in [0.1, 0.15) is 28.5 Å². The third-order valence-electron chi connectivity index (χ3n) is 2.84. The summed E-state index contributed by atoms with van der Waals surface area (Å²) in [7, 11) is 0. The van der Waals surface area contributed by atoms with Gasteiger partial charge in [0.2, 0.25) is 0 Å². The Labute approximate surface area is 118 Å². The van der Waals surface area contributed by atoms with Gasteiger partial charge in [-0.3, -0.25) is 0 Å². The van der Waals surface area contributed by atoms with Crippen molar-refractivity contribution in [3.05, 3.63) is 39.9 Å². The van der Waals surface area contributed by atoms with E-state index in [1.807, 2.05) is 6.20 Å². The molecule has 0 amide bonds. The quantitative estimate of drug-likeness (QED) is 0.893. The highest BCUT2D eigenvalue weighted by molar-refractivity contribution is 7.15. The molecule has 0 bridgehead atoms. The molecule has 0 aliphatic rings. The number of anilines is 1. The third-order valence-corrected chi connectivity index (χ3v) is 3.77. The first-order valence-corrected chi connectivity index (χ1v) is 7.31. The highest BCUT2D eigenvalue weighted by atomic mass is 32.1. The molecule has 0 aliphatic heterocycles. The Kier molecular flexibility index (Phi) is 4.43. The van der Waals surface area contributed by atoms with Crippen molar-refractivity contribution in [2.24, 2.45) is 0 Å². The molecule has 1 heterocycles. The van der Waals surface area contributed by atoms with Gasteiger partial charge in [-0.25, -0.2) is 4.98 Å². The van der Waals surface area contributed by atoms with E-state index in [0.29, 0.717) is 6.61 Å². The van der Waals surface area contributed by atoms with Crippen LogP contribution in [-0.2, 0) is 6.61 Å². The Morgan fingerprint density at radius 2 is 1.89 bits per heavy atom. The van der Waals surface area contributed by atoms with Gasteiger partial charge in [0.15, 0.2) is 5.13 Å². The second-order valence-electron chi connectivity index (χ2n) is 4.68. The highest BCUT2D eigenvalue weighted by Crippen LogP contribution is 2.26. The molecule has 0 saturated carbocycles. The van der Waals surface area contributed by atoms with Crippen LogP contribution in [0.4, 0.5) is 5.13 Å². The van der Waals surface area contributed by atoms with Crippen molar-refractivity contribution in [1.29, 1.82) is 0 Å². The summed E-state index contributed by atoms with van der Waals surface area (Å²) in [5.74, 6) is 0.990. The number of nitrogens with zero attached hydrogens (tertiary/aromatic N) is 1. The highest BCUT2D eigenvalue weighted by Gasteiger charge is 2.07. The fourth-order valence-corrected chi connectivity index (χ4v) is 2.94. The predicted molar refractivity (Wildman–Crippen MR) is 81.3 cm³/mol. The summed E-state index contributed by atoms with van der Waals surface area (Å²) in [5.41, 5.74) is 3.65. The normalized spacial score (nSPS) is 10.5. The zero-order valence-corrected chi connectivity index (χ0v) is 12.7. The lowest BCUT2D eigenvalue weighted by Gasteiger charge is -2.12. The summed E-state index contributed by atoms with van der Waals surface area (Å²) in [5, 5.41) is 4.17. The standard InChI is InChI=1S/C15H20N2OS/c1-5-16-15-17-8-13(19-15)9-18-14-11(3)6-10(2)7-12(14)4/h6-8H,5,9H2,1-4H3,(H,16,17). The van der Waals surface area contributed by atoms with E-state index in [-0.39, 0.29) is 0 Å². The topological polar surface area (TPSA) is 34.2 Å². The van der Waals surface area contributed by atoms with E-state index in [2.05, 4.69) is 50.1 Å². The number of aromatic nitrogens is 1. The van der Waals surface area contributed by atoms with Gasteiger partial charge < -0.3 is 10.1 Å². The molecule has 1 N–H and O–H groups in total. The van der Waals surface area contributed by atoms with Crippen molar-refractivity contribution in [1.82, 2.24) is 4.98 Å². The summed E-state index contributed by atoms with van der Waals surface area (Å²) in [4.78, 5) is 5.44. The number of benzene rings is 1. The lowest BCUT2D eigenvalue weighted by Crippen LogP contribution is -1.98. The Balaban J connectivity index is 2.05. The Bertz CT molecular complexity index is 540. The molecule has 0 aliphatic carbocycles. The first-order chi connectivity index (χ1) is 9.10. The van der Waals surface area contributed by atoms with E-state index >= 15 is 0 Å². The molecule has 0 radical (unpaired) electrons. The molecule has 4 heteroatoms. The average molecular weight is 276 g/mol. The molecular formula is C15H20N2OS. The minimum absolute atomic E-state index is 0.577. The molecule has 1 aromatic heterocycles. The lowest BCUT2D eigenvalue weighted by molar-refractivity contribution is 0.305. The van der Waals surface area contributed by atoms with Crippen molar-refractivity contribution in [2.75, 3.05) is 11.9 Å². The van der Waals surface area contributed by atoms with Gasteiger partial charge in [0.05, 0.1) is 4.88 Å². The molecular weight excluding hydrogens is 256 g/mol. The molecule has 2 aromatic rings. The molecule has 0 spiro atoms. The molecule has 1 aromatic carbocycles. The van der Waals surface area contributed by atoms with Gasteiger partial charge in [-0.1, -0.05) is 29.0 Å². The number of aryl methyl sites for hydroxylation is 3. The number of hydrogen-bond acceptors (Lipinski definition) is 4. The molecule has 0 unspecified atom stereocenters. The summed E-state index contributed by atoms with van der Waals surface area (Å²) < 4.78 is 5.94. The maximum Gasteiger partial charge on any atom is 0.182 e. The van der Waals surface area contributed by atoms with Crippen LogP contribution in [0.25, 0.3) is 0 Å². The zero-order valence-electron chi connectivity index (χ0n) is 11.9. The maximum atomic E-state index is 5.94. The van der Waals surface area contributed by atoms with E-state index < -0.39 is 0 Å². The van der Waals surface area contributed by atoms with Crippen LogP contribution in [0.5, 0.6) is 5.75 Å². The summed E-state index contributed by atoms with van der Waals surface area (Å²) in [6.07, 6.45) is 1.88. The molecule has 102 valence electrons. The maximum absolute atomic E-state index is 5.94. The van der Waals surface area contributed by atoms with Gasteiger partial charge in [-0.2, -0.15) is 0 Å². The van der Waals surface area contributed by atoms with Crippen molar-refractivity contribution in [2.45, 2.75) is 34.3 Å². The summed E-state index contributed by atoms with van der Waals surface area (Å²) in [6, 6.07) is 4.30. The molecule has 2 rings (SSSR count).